The molecule has 0 amide bonds. The fourth-order valence-electron chi connectivity index (χ4n) is 3.83. The van der Waals surface area contributed by atoms with Crippen molar-refractivity contribution in [2.75, 3.05) is 18.0 Å². The fraction of sp³-hybridized carbons (Fsp3) is 0.706. The summed E-state index contributed by atoms with van der Waals surface area (Å²) < 4.78 is 0. The molecule has 2 bridgehead atoms. The zero-order valence-corrected chi connectivity index (χ0v) is 12.7. The Morgan fingerprint density at radius 2 is 2.11 bits per heavy atom. The molecule has 0 radical (unpaired) electrons. The third-order valence-electron chi connectivity index (χ3n) is 5.16. The Labute approximate surface area is 117 Å². The van der Waals surface area contributed by atoms with Crippen LogP contribution in [0.25, 0.3) is 0 Å². The van der Waals surface area contributed by atoms with Crippen molar-refractivity contribution in [3.63, 3.8) is 0 Å². The topological polar surface area (TPSA) is 16.1 Å². The lowest BCUT2D eigenvalue weighted by atomic mass is 9.76. The Hall–Kier alpha value is -1.05. The number of hydrogen-bond donors (Lipinski definition) is 0. The van der Waals surface area contributed by atoms with Crippen LogP contribution in [0.2, 0.25) is 0 Å². The van der Waals surface area contributed by atoms with Gasteiger partial charge in [0.1, 0.15) is 0 Å². The van der Waals surface area contributed by atoms with E-state index in [0.29, 0.717) is 11.8 Å². The summed E-state index contributed by atoms with van der Waals surface area (Å²) in [6.07, 6.45) is 2.61. The molecule has 1 aromatic rings. The van der Waals surface area contributed by atoms with Crippen LogP contribution in [0.1, 0.15) is 63.8 Å². The largest absolute Gasteiger partial charge is 0.370 e. The first-order chi connectivity index (χ1) is 9.11. The Bertz CT molecular complexity index is 466. The number of pyridine rings is 1. The van der Waals surface area contributed by atoms with Crippen LogP contribution in [-0.2, 0) is 0 Å². The summed E-state index contributed by atoms with van der Waals surface area (Å²) in [6.45, 7) is 11.7. The fourth-order valence-corrected chi connectivity index (χ4v) is 3.83. The van der Waals surface area contributed by atoms with E-state index in [-0.39, 0.29) is 0 Å². The predicted molar refractivity (Wildman–Crippen MR) is 80.8 cm³/mol. The van der Waals surface area contributed by atoms with Gasteiger partial charge >= 0.3 is 0 Å². The van der Waals surface area contributed by atoms with Crippen LogP contribution in [0.5, 0.6) is 0 Å². The molecule has 2 heteroatoms. The van der Waals surface area contributed by atoms with Gasteiger partial charge in [-0.1, -0.05) is 34.1 Å². The van der Waals surface area contributed by atoms with Gasteiger partial charge in [-0.2, -0.15) is 0 Å². The van der Waals surface area contributed by atoms with Crippen molar-refractivity contribution in [1.82, 2.24) is 4.98 Å². The lowest BCUT2D eigenvalue weighted by Crippen LogP contribution is -2.32. The van der Waals surface area contributed by atoms with E-state index in [4.69, 9.17) is 4.98 Å². The molecule has 3 heterocycles. The summed E-state index contributed by atoms with van der Waals surface area (Å²) in [5.74, 6) is 2.78. The molecule has 0 aliphatic carbocycles. The van der Waals surface area contributed by atoms with E-state index in [1.54, 1.807) is 0 Å². The molecule has 0 saturated carbocycles. The van der Waals surface area contributed by atoms with Gasteiger partial charge in [0.15, 0.2) is 0 Å². The van der Waals surface area contributed by atoms with E-state index in [9.17, 15) is 0 Å². The number of fused-ring (bicyclic) bond motifs is 4. The smallest absolute Gasteiger partial charge is 0.0677 e. The van der Waals surface area contributed by atoms with E-state index >= 15 is 0 Å². The van der Waals surface area contributed by atoms with Gasteiger partial charge in [0, 0.05) is 24.7 Å². The Morgan fingerprint density at radius 3 is 2.79 bits per heavy atom. The van der Waals surface area contributed by atoms with Crippen LogP contribution in [-0.4, -0.2) is 18.1 Å². The standard InChI is InChI=1S/C17H26N2/c1-5-12(4)16-13-8-9-19(10-13)15-7-6-14(11(2)3)18-17(15)16/h6-7,11-13,16H,5,8-10H2,1-4H3. The highest BCUT2D eigenvalue weighted by Crippen LogP contribution is 2.47. The Kier molecular flexibility index (Phi) is 3.28. The summed E-state index contributed by atoms with van der Waals surface area (Å²) in [5, 5.41) is 0. The van der Waals surface area contributed by atoms with Crippen molar-refractivity contribution in [1.29, 1.82) is 0 Å². The lowest BCUT2D eigenvalue weighted by molar-refractivity contribution is 0.325. The molecule has 0 aromatic carbocycles. The summed E-state index contributed by atoms with van der Waals surface area (Å²) in [5.41, 5.74) is 4.08. The lowest BCUT2D eigenvalue weighted by Gasteiger charge is -2.36. The first-order valence-electron chi connectivity index (χ1n) is 7.87. The average molecular weight is 258 g/mol. The molecule has 104 valence electrons. The van der Waals surface area contributed by atoms with Gasteiger partial charge in [-0.25, -0.2) is 0 Å². The van der Waals surface area contributed by atoms with Crippen molar-refractivity contribution < 1.29 is 0 Å². The van der Waals surface area contributed by atoms with Crippen LogP contribution in [0.3, 0.4) is 0 Å². The minimum absolute atomic E-state index is 0.525. The molecule has 2 aliphatic heterocycles. The van der Waals surface area contributed by atoms with Gasteiger partial charge < -0.3 is 4.90 Å². The molecular weight excluding hydrogens is 232 g/mol. The third kappa shape index (κ3) is 2.05. The van der Waals surface area contributed by atoms with Crippen LogP contribution >= 0.6 is 0 Å². The number of aromatic nitrogens is 1. The summed E-state index contributed by atoms with van der Waals surface area (Å²) in [6, 6.07) is 4.56. The van der Waals surface area contributed by atoms with Gasteiger partial charge in [-0.05, 0) is 36.3 Å². The van der Waals surface area contributed by atoms with E-state index in [2.05, 4.69) is 44.7 Å². The van der Waals surface area contributed by atoms with Crippen molar-refractivity contribution in [2.24, 2.45) is 11.8 Å². The van der Waals surface area contributed by atoms with Crippen molar-refractivity contribution in [2.45, 2.75) is 52.4 Å². The highest BCUT2D eigenvalue weighted by molar-refractivity contribution is 5.57. The molecule has 1 aromatic heterocycles. The molecule has 19 heavy (non-hydrogen) atoms. The zero-order valence-electron chi connectivity index (χ0n) is 12.7. The summed E-state index contributed by atoms with van der Waals surface area (Å²) in [7, 11) is 0. The first kappa shape index (κ1) is 13.0. The highest BCUT2D eigenvalue weighted by atomic mass is 15.2. The van der Waals surface area contributed by atoms with Crippen molar-refractivity contribution in [3.05, 3.63) is 23.5 Å². The Balaban J connectivity index is 2.07. The van der Waals surface area contributed by atoms with Gasteiger partial charge in [0.05, 0.1) is 11.4 Å². The molecule has 3 unspecified atom stereocenters. The quantitative estimate of drug-likeness (QED) is 0.808. The number of hydrogen-bond acceptors (Lipinski definition) is 2. The maximum Gasteiger partial charge on any atom is 0.0677 e. The monoisotopic (exact) mass is 258 g/mol. The minimum Gasteiger partial charge on any atom is -0.370 e. The van der Waals surface area contributed by atoms with E-state index in [1.807, 2.05) is 0 Å². The highest BCUT2D eigenvalue weighted by Gasteiger charge is 2.41. The normalized spacial score (nSPS) is 26.7. The molecule has 1 fully saturated rings. The van der Waals surface area contributed by atoms with Gasteiger partial charge in [0.2, 0.25) is 0 Å². The second-order valence-corrected chi connectivity index (χ2v) is 6.70. The molecular formula is C17H26N2. The minimum atomic E-state index is 0.525. The van der Waals surface area contributed by atoms with Crippen molar-refractivity contribution >= 4 is 5.69 Å². The molecule has 0 N–H and O–H groups in total. The molecule has 3 rings (SSSR count). The second-order valence-electron chi connectivity index (χ2n) is 6.70. The molecule has 3 atom stereocenters. The number of anilines is 1. The second kappa shape index (κ2) is 4.81. The van der Waals surface area contributed by atoms with Crippen LogP contribution in [0.4, 0.5) is 5.69 Å². The summed E-state index contributed by atoms with van der Waals surface area (Å²) in [4.78, 5) is 7.61. The molecule has 2 aliphatic rings. The average Bonchev–Trinajstić information content (AvgIpc) is 2.82. The van der Waals surface area contributed by atoms with E-state index < -0.39 is 0 Å². The third-order valence-corrected chi connectivity index (χ3v) is 5.16. The van der Waals surface area contributed by atoms with Crippen LogP contribution in [0, 0.1) is 11.8 Å². The van der Waals surface area contributed by atoms with E-state index in [0.717, 1.165) is 11.8 Å². The predicted octanol–water partition coefficient (Wildman–Crippen LogP) is 4.17. The van der Waals surface area contributed by atoms with Crippen LogP contribution < -0.4 is 4.90 Å². The van der Waals surface area contributed by atoms with Gasteiger partial charge in [-0.3, -0.25) is 4.98 Å². The number of nitrogens with zero attached hydrogens (tertiary/aromatic N) is 2. The molecule has 2 nitrogen and oxygen atoms in total. The molecule has 0 spiro atoms. The van der Waals surface area contributed by atoms with E-state index in [1.165, 1.54) is 43.0 Å². The number of rotatable bonds is 3. The Morgan fingerprint density at radius 1 is 1.32 bits per heavy atom. The maximum absolute atomic E-state index is 5.06. The zero-order chi connectivity index (χ0) is 13.6. The SMILES string of the molecule is CCC(C)C1c2nc(C(C)C)ccc2N2CCC1C2. The maximum atomic E-state index is 5.06. The first-order valence-corrected chi connectivity index (χ1v) is 7.87. The van der Waals surface area contributed by atoms with Crippen molar-refractivity contribution in [3.8, 4) is 0 Å². The summed E-state index contributed by atoms with van der Waals surface area (Å²) >= 11 is 0. The van der Waals surface area contributed by atoms with Gasteiger partial charge in [-0.15, -0.1) is 0 Å². The van der Waals surface area contributed by atoms with Gasteiger partial charge in [0.25, 0.3) is 0 Å². The molecule has 1 saturated heterocycles. The van der Waals surface area contributed by atoms with Crippen LogP contribution in [0.15, 0.2) is 12.1 Å².